The monoisotopic (exact) mass is 523 g/mol. The van der Waals surface area contributed by atoms with E-state index in [4.69, 9.17) is 11.6 Å². The third-order valence-corrected chi connectivity index (χ3v) is 8.67. The van der Waals surface area contributed by atoms with Crippen LogP contribution in [0.5, 0.6) is 0 Å². The Kier molecular flexibility index (Phi) is 6.82. The zero-order valence-corrected chi connectivity index (χ0v) is 22.4. The molecular weight excluding hydrogens is 488 g/mol. The SMILES string of the molecule is CC1CC(N(C)C(=O)c2cn(CC3(C(C)(C)C)CCCN3C(=O)O)c3cccc(Cl)c23)CC(F)(F)C1. The summed E-state index contributed by atoms with van der Waals surface area (Å²) < 4.78 is 30.6. The molecule has 2 heterocycles. The number of hydrogen-bond acceptors (Lipinski definition) is 2. The number of nitrogens with zero attached hydrogens (tertiary/aromatic N) is 3. The van der Waals surface area contributed by atoms with Gasteiger partial charge in [-0.1, -0.05) is 45.4 Å². The van der Waals surface area contributed by atoms with Gasteiger partial charge in [-0.2, -0.15) is 0 Å². The van der Waals surface area contributed by atoms with Gasteiger partial charge in [0.2, 0.25) is 5.92 Å². The Bertz CT molecular complexity index is 1170. The molecule has 1 saturated carbocycles. The molecule has 4 rings (SSSR count). The van der Waals surface area contributed by atoms with E-state index in [2.05, 4.69) is 0 Å². The van der Waals surface area contributed by atoms with E-state index >= 15 is 0 Å². The summed E-state index contributed by atoms with van der Waals surface area (Å²) in [6, 6.07) is 4.80. The lowest BCUT2D eigenvalue weighted by Crippen LogP contribution is -2.57. The maximum absolute atomic E-state index is 14.3. The molecule has 1 aromatic carbocycles. The minimum absolute atomic E-state index is 0.161. The fraction of sp³-hybridized carbons (Fsp3) is 0.630. The van der Waals surface area contributed by atoms with Gasteiger partial charge in [0.25, 0.3) is 5.91 Å². The highest BCUT2D eigenvalue weighted by atomic mass is 35.5. The molecule has 1 aliphatic heterocycles. The summed E-state index contributed by atoms with van der Waals surface area (Å²) in [7, 11) is 1.58. The molecule has 36 heavy (non-hydrogen) atoms. The molecular formula is C27H36ClF2N3O3. The number of benzene rings is 1. The molecule has 1 N–H and O–H groups in total. The van der Waals surface area contributed by atoms with Gasteiger partial charge in [0.1, 0.15) is 0 Å². The van der Waals surface area contributed by atoms with Crippen molar-refractivity contribution in [3.8, 4) is 0 Å². The van der Waals surface area contributed by atoms with Crippen LogP contribution in [0, 0.1) is 11.3 Å². The average molecular weight is 524 g/mol. The van der Waals surface area contributed by atoms with E-state index < -0.39 is 23.6 Å². The number of carboxylic acid groups (broad SMARTS) is 1. The zero-order valence-electron chi connectivity index (χ0n) is 21.7. The normalized spacial score (nSPS) is 26.4. The standard InChI is InChI=1S/C27H36ClF2N3O3/c1-17-12-18(14-27(29,30)13-17)31(5)23(34)19-15-32(21-9-6-8-20(28)22(19)21)16-26(25(2,3)4)10-7-11-33(26)24(35)36/h6,8-9,15,17-18H,7,10-14,16H2,1-5H3,(H,35,36). The van der Waals surface area contributed by atoms with E-state index in [1.165, 1.54) is 9.80 Å². The molecule has 2 amide bonds. The Morgan fingerprint density at radius 3 is 2.56 bits per heavy atom. The molecule has 198 valence electrons. The highest BCUT2D eigenvalue weighted by molar-refractivity contribution is 6.36. The van der Waals surface area contributed by atoms with Crippen LogP contribution in [0.15, 0.2) is 24.4 Å². The summed E-state index contributed by atoms with van der Waals surface area (Å²) in [5, 5.41) is 11.0. The number of likely N-dealkylation sites (tertiary alicyclic amines) is 1. The Morgan fingerprint density at radius 2 is 1.94 bits per heavy atom. The van der Waals surface area contributed by atoms with Crippen molar-refractivity contribution in [2.45, 2.75) is 83.8 Å². The topological polar surface area (TPSA) is 65.8 Å². The molecule has 3 unspecified atom stereocenters. The summed E-state index contributed by atoms with van der Waals surface area (Å²) in [6.45, 7) is 8.72. The van der Waals surface area contributed by atoms with Gasteiger partial charge in [0, 0.05) is 50.6 Å². The second-order valence-electron chi connectivity index (χ2n) is 11.8. The maximum atomic E-state index is 14.3. The van der Waals surface area contributed by atoms with E-state index in [1.807, 2.05) is 31.4 Å². The largest absolute Gasteiger partial charge is 0.465 e. The van der Waals surface area contributed by atoms with Crippen molar-refractivity contribution in [3.63, 3.8) is 0 Å². The van der Waals surface area contributed by atoms with Gasteiger partial charge < -0.3 is 19.5 Å². The van der Waals surface area contributed by atoms with E-state index in [9.17, 15) is 23.5 Å². The van der Waals surface area contributed by atoms with Gasteiger partial charge in [-0.15, -0.1) is 0 Å². The van der Waals surface area contributed by atoms with Crippen LogP contribution in [0.1, 0.15) is 70.2 Å². The maximum Gasteiger partial charge on any atom is 0.407 e. The third kappa shape index (κ3) is 4.57. The van der Waals surface area contributed by atoms with Gasteiger partial charge in [0.15, 0.2) is 0 Å². The molecule has 0 spiro atoms. The minimum atomic E-state index is -2.80. The molecule has 2 fully saturated rings. The van der Waals surface area contributed by atoms with Crippen molar-refractivity contribution in [2.24, 2.45) is 11.3 Å². The van der Waals surface area contributed by atoms with Gasteiger partial charge in [-0.3, -0.25) is 4.79 Å². The van der Waals surface area contributed by atoms with Crippen molar-refractivity contribution in [3.05, 3.63) is 35.0 Å². The summed E-state index contributed by atoms with van der Waals surface area (Å²) in [6.07, 6.45) is 2.22. The van der Waals surface area contributed by atoms with Crippen LogP contribution in [0.4, 0.5) is 13.6 Å². The van der Waals surface area contributed by atoms with Crippen LogP contribution in [-0.2, 0) is 6.54 Å². The van der Waals surface area contributed by atoms with E-state index in [-0.39, 0.29) is 30.1 Å². The third-order valence-electron chi connectivity index (χ3n) is 8.36. The molecule has 1 saturated heterocycles. The second kappa shape index (κ2) is 9.19. The molecule has 2 aromatic rings. The van der Waals surface area contributed by atoms with E-state index in [0.29, 0.717) is 41.9 Å². The summed E-state index contributed by atoms with van der Waals surface area (Å²) in [5.41, 5.74) is 0.0215. The lowest BCUT2D eigenvalue weighted by molar-refractivity contribution is -0.0724. The number of rotatable bonds is 4. The molecule has 1 aromatic heterocycles. The molecule has 9 heteroatoms. The average Bonchev–Trinajstić information content (AvgIpc) is 3.35. The predicted octanol–water partition coefficient (Wildman–Crippen LogP) is 6.75. The van der Waals surface area contributed by atoms with Gasteiger partial charge in [-0.05, 0) is 42.7 Å². The van der Waals surface area contributed by atoms with Crippen LogP contribution in [0.2, 0.25) is 5.02 Å². The molecule has 6 nitrogen and oxygen atoms in total. The molecule has 1 aliphatic carbocycles. The number of halogens is 3. The van der Waals surface area contributed by atoms with Gasteiger partial charge >= 0.3 is 6.09 Å². The first-order valence-corrected chi connectivity index (χ1v) is 13.0. The number of hydrogen-bond donors (Lipinski definition) is 1. The first-order valence-electron chi connectivity index (χ1n) is 12.6. The van der Waals surface area contributed by atoms with Gasteiger partial charge in [0.05, 0.1) is 21.6 Å². The van der Waals surface area contributed by atoms with Crippen molar-refractivity contribution >= 4 is 34.5 Å². The quantitative estimate of drug-likeness (QED) is 0.482. The first kappa shape index (κ1) is 26.7. The summed E-state index contributed by atoms with van der Waals surface area (Å²) in [5.74, 6) is -3.34. The van der Waals surface area contributed by atoms with Gasteiger partial charge in [-0.25, -0.2) is 13.6 Å². The Hall–Kier alpha value is -2.35. The summed E-state index contributed by atoms with van der Waals surface area (Å²) >= 11 is 6.59. The highest BCUT2D eigenvalue weighted by Gasteiger charge is 2.52. The van der Waals surface area contributed by atoms with Crippen molar-refractivity contribution < 1.29 is 23.5 Å². The molecule has 2 aliphatic rings. The fourth-order valence-electron chi connectivity index (χ4n) is 6.44. The smallest absolute Gasteiger partial charge is 0.407 e. The number of alkyl halides is 2. The lowest BCUT2D eigenvalue weighted by Gasteiger charge is -2.47. The van der Waals surface area contributed by atoms with Crippen LogP contribution in [0.3, 0.4) is 0 Å². The number of carbonyl (C=O) groups is 2. The second-order valence-corrected chi connectivity index (χ2v) is 12.2. The van der Waals surface area contributed by atoms with Crippen LogP contribution in [0.25, 0.3) is 10.9 Å². The van der Waals surface area contributed by atoms with Crippen LogP contribution >= 0.6 is 11.6 Å². The Morgan fingerprint density at radius 1 is 1.25 bits per heavy atom. The number of fused-ring (bicyclic) bond motifs is 1. The molecule has 3 atom stereocenters. The number of aromatic nitrogens is 1. The molecule has 0 bridgehead atoms. The fourth-order valence-corrected chi connectivity index (χ4v) is 6.71. The first-order chi connectivity index (χ1) is 16.7. The lowest BCUT2D eigenvalue weighted by atomic mass is 9.71. The van der Waals surface area contributed by atoms with Crippen molar-refractivity contribution in [1.82, 2.24) is 14.4 Å². The minimum Gasteiger partial charge on any atom is -0.465 e. The van der Waals surface area contributed by atoms with E-state index in [0.717, 1.165) is 11.9 Å². The molecule has 0 radical (unpaired) electrons. The number of amides is 2. The Balaban J connectivity index is 1.77. The van der Waals surface area contributed by atoms with Crippen molar-refractivity contribution in [1.29, 1.82) is 0 Å². The predicted molar refractivity (Wildman–Crippen MR) is 137 cm³/mol. The van der Waals surface area contributed by atoms with Crippen LogP contribution < -0.4 is 0 Å². The number of carbonyl (C=O) groups excluding carboxylic acids is 1. The van der Waals surface area contributed by atoms with Crippen LogP contribution in [-0.4, -0.2) is 62.6 Å². The zero-order chi connectivity index (χ0) is 26.6. The van der Waals surface area contributed by atoms with Crippen molar-refractivity contribution in [2.75, 3.05) is 13.6 Å². The highest BCUT2D eigenvalue weighted by Crippen LogP contribution is 2.46. The Labute approximate surface area is 216 Å². The van der Waals surface area contributed by atoms with E-state index in [1.54, 1.807) is 32.3 Å². The summed E-state index contributed by atoms with van der Waals surface area (Å²) in [4.78, 5) is 28.9.